The highest BCUT2D eigenvalue weighted by Crippen LogP contribution is 2.28. The summed E-state index contributed by atoms with van der Waals surface area (Å²) in [5, 5.41) is 0. The number of nitrogen functional groups attached to an aromatic ring is 1. The molecule has 2 rings (SSSR count). The number of benzene rings is 1. The van der Waals surface area contributed by atoms with Gasteiger partial charge in [0.2, 0.25) is 0 Å². The molecule has 0 amide bonds. The van der Waals surface area contributed by atoms with E-state index in [1.165, 1.54) is 0 Å². The van der Waals surface area contributed by atoms with Crippen molar-refractivity contribution < 1.29 is 4.42 Å². The fourth-order valence-corrected chi connectivity index (χ4v) is 1.86. The molecule has 1 aromatic heterocycles. The average Bonchev–Trinajstić information content (AvgIpc) is 2.59. The van der Waals surface area contributed by atoms with Gasteiger partial charge < -0.3 is 10.2 Å². The molecule has 0 bridgehead atoms. The molecular weight excluding hydrogens is 256 g/mol. The van der Waals surface area contributed by atoms with Gasteiger partial charge in [-0.15, -0.1) is 0 Å². The zero-order valence-electron chi connectivity index (χ0n) is 8.33. The molecule has 0 saturated heterocycles. The molecule has 2 aromatic rings. The topological polar surface area (TPSA) is 52.0 Å². The predicted octanol–water partition coefficient (Wildman–Crippen LogP) is 3.25. The number of nitrogens with zero attached hydrogens (tertiary/aromatic N) is 1. The maximum absolute atomic E-state index is 5.54. The summed E-state index contributed by atoms with van der Waals surface area (Å²) in [5.74, 6) is 0.760. The molecule has 0 unspecified atom stereocenters. The summed E-state index contributed by atoms with van der Waals surface area (Å²) in [7, 11) is 0. The number of hydrogen-bond donors (Lipinski definition) is 1. The summed E-state index contributed by atoms with van der Waals surface area (Å²) < 4.78 is 6.40. The van der Waals surface area contributed by atoms with Crippen molar-refractivity contribution in [2.24, 2.45) is 0 Å². The second kappa shape index (κ2) is 4.06. The quantitative estimate of drug-likeness (QED) is 0.908. The van der Waals surface area contributed by atoms with E-state index in [1.807, 2.05) is 31.2 Å². The van der Waals surface area contributed by atoms with E-state index in [1.54, 1.807) is 0 Å². The van der Waals surface area contributed by atoms with Gasteiger partial charge in [0.05, 0.1) is 5.69 Å². The maximum Gasteiger partial charge on any atom is 0.292 e. The van der Waals surface area contributed by atoms with Crippen molar-refractivity contribution in [1.29, 1.82) is 0 Å². The average molecular weight is 267 g/mol. The van der Waals surface area contributed by atoms with Gasteiger partial charge in [0.25, 0.3) is 6.01 Å². The first-order valence-corrected chi connectivity index (χ1v) is 5.51. The summed E-state index contributed by atoms with van der Waals surface area (Å²) in [5.41, 5.74) is 7.43. The number of aryl methyl sites for hydroxylation is 1. The van der Waals surface area contributed by atoms with Crippen LogP contribution in [0, 0.1) is 0 Å². The zero-order valence-corrected chi connectivity index (χ0v) is 9.91. The van der Waals surface area contributed by atoms with Crippen LogP contribution in [-0.4, -0.2) is 4.98 Å². The largest absolute Gasteiger partial charge is 0.423 e. The normalized spacial score (nSPS) is 10.5. The predicted molar refractivity (Wildman–Crippen MR) is 63.4 cm³/mol. The highest BCUT2D eigenvalue weighted by molar-refractivity contribution is 9.10. The van der Waals surface area contributed by atoms with Crippen LogP contribution in [0.4, 0.5) is 6.01 Å². The fraction of sp³-hybridized carbons (Fsp3) is 0.182. The van der Waals surface area contributed by atoms with E-state index in [4.69, 9.17) is 10.2 Å². The third kappa shape index (κ3) is 2.04. The second-order valence-electron chi connectivity index (χ2n) is 3.19. The van der Waals surface area contributed by atoms with Crippen molar-refractivity contribution in [3.8, 4) is 11.3 Å². The lowest BCUT2D eigenvalue weighted by Gasteiger charge is -1.99. The second-order valence-corrected chi connectivity index (χ2v) is 4.11. The highest BCUT2D eigenvalue weighted by Gasteiger charge is 2.11. The summed E-state index contributed by atoms with van der Waals surface area (Å²) in [6.07, 6.45) is 0.808. The number of rotatable bonds is 2. The lowest BCUT2D eigenvalue weighted by molar-refractivity contribution is 0.593. The van der Waals surface area contributed by atoms with Gasteiger partial charge in [-0.05, 0) is 18.6 Å². The fourth-order valence-electron chi connectivity index (χ4n) is 1.46. The minimum absolute atomic E-state index is 0.224. The first-order valence-electron chi connectivity index (χ1n) is 4.72. The molecule has 3 nitrogen and oxygen atoms in total. The minimum atomic E-state index is 0.224. The molecule has 0 aliphatic heterocycles. The monoisotopic (exact) mass is 266 g/mol. The van der Waals surface area contributed by atoms with E-state index in [0.717, 1.165) is 27.9 Å². The number of aromatic nitrogens is 1. The highest BCUT2D eigenvalue weighted by atomic mass is 79.9. The molecule has 0 atom stereocenters. The SMILES string of the molecule is CCc1nc(N)oc1-c1cccc(Br)c1. The Morgan fingerprint density at radius 3 is 2.93 bits per heavy atom. The molecule has 1 heterocycles. The Kier molecular flexibility index (Phi) is 2.77. The number of oxazole rings is 1. The number of hydrogen-bond acceptors (Lipinski definition) is 3. The Bertz CT molecular complexity index is 479. The Morgan fingerprint density at radius 2 is 2.27 bits per heavy atom. The van der Waals surface area contributed by atoms with Crippen LogP contribution in [0.15, 0.2) is 33.2 Å². The van der Waals surface area contributed by atoms with Gasteiger partial charge in [-0.3, -0.25) is 0 Å². The maximum atomic E-state index is 5.54. The third-order valence-corrected chi connectivity index (χ3v) is 2.63. The van der Waals surface area contributed by atoms with Gasteiger partial charge in [0.1, 0.15) is 0 Å². The van der Waals surface area contributed by atoms with Gasteiger partial charge in [0, 0.05) is 10.0 Å². The summed E-state index contributed by atoms with van der Waals surface area (Å²) in [4.78, 5) is 4.13. The van der Waals surface area contributed by atoms with Gasteiger partial charge in [-0.25, -0.2) is 0 Å². The molecule has 0 aliphatic carbocycles. The van der Waals surface area contributed by atoms with Crippen molar-refractivity contribution in [3.63, 3.8) is 0 Å². The van der Waals surface area contributed by atoms with Crippen LogP contribution in [0.25, 0.3) is 11.3 Å². The van der Waals surface area contributed by atoms with Gasteiger partial charge in [-0.2, -0.15) is 4.98 Å². The molecule has 15 heavy (non-hydrogen) atoms. The summed E-state index contributed by atoms with van der Waals surface area (Å²) in [6.45, 7) is 2.03. The van der Waals surface area contributed by atoms with E-state index in [0.29, 0.717) is 0 Å². The molecule has 78 valence electrons. The Hall–Kier alpha value is -1.29. The molecular formula is C11H11BrN2O. The number of nitrogens with two attached hydrogens (primary N) is 1. The van der Waals surface area contributed by atoms with Gasteiger partial charge in [-0.1, -0.05) is 35.0 Å². The molecule has 0 fully saturated rings. The Balaban J connectivity index is 2.53. The van der Waals surface area contributed by atoms with Crippen molar-refractivity contribution in [1.82, 2.24) is 4.98 Å². The molecule has 0 aliphatic rings. The van der Waals surface area contributed by atoms with Crippen LogP contribution in [0.1, 0.15) is 12.6 Å². The van der Waals surface area contributed by atoms with Crippen LogP contribution >= 0.6 is 15.9 Å². The smallest absolute Gasteiger partial charge is 0.292 e. The molecule has 0 saturated carbocycles. The lowest BCUT2D eigenvalue weighted by Crippen LogP contribution is -1.86. The van der Waals surface area contributed by atoms with Crippen molar-refractivity contribution >= 4 is 21.9 Å². The van der Waals surface area contributed by atoms with E-state index in [9.17, 15) is 0 Å². The van der Waals surface area contributed by atoms with Crippen molar-refractivity contribution in [3.05, 3.63) is 34.4 Å². The Morgan fingerprint density at radius 1 is 1.47 bits per heavy atom. The molecule has 0 spiro atoms. The molecule has 2 N–H and O–H groups in total. The van der Waals surface area contributed by atoms with E-state index >= 15 is 0 Å². The van der Waals surface area contributed by atoms with Crippen molar-refractivity contribution in [2.75, 3.05) is 5.73 Å². The van der Waals surface area contributed by atoms with E-state index < -0.39 is 0 Å². The van der Waals surface area contributed by atoms with Gasteiger partial charge >= 0.3 is 0 Å². The van der Waals surface area contributed by atoms with E-state index in [2.05, 4.69) is 20.9 Å². The third-order valence-electron chi connectivity index (χ3n) is 2.14. The molecule has 1 aromatic carbocycles. The number of anilines is 1. The molecule has 0 radical (unpaired) electrons. The zero-order chi connectivity index (χ0) is 10.8. The van der Waals surface area contributed by atoms with Crippen LogP contribution in [0.3, 0.4) is 0 Å². The van der Waals surface area contributed by atoms with Crippen LogP contribution in [-0.2, 0) is 6.42 Å². The first kappa shape index (κ1) is 10.2. The Labute approximate surface area is 96.4 Å². The van der Waals surface area contributed by atoms with Crippen molar-refractivity contribution in [2.45, 2.75) is 13.3 Å². The number of halogens is 1. The lowest BCUT2D eigenvalue weighted by atomic mass is 10.1. The van der Waals surface area contributed by atoms with Crippen LogP contribution < -0.4 is 5.73 Å². The standard InChI is InChI=1S/C11H11BrN2O/c1-2-9-10(15-11(13)14-9)7-4-3-5-8(12)6-7/h3-6H,2H2,1H3,(H2,13,14). The first-order chi connectivity index (χ1) is 7.20. The van der Waals surface area contributed by atoms with Crippen LogP contribution in [0.2, 0.25) is 0 Å². The molecule has 4 heteroatoms. The summed E-state index contributed by atoms with van der Waals surface area (Å²) in [6, 6.07) is 8.11. The minimum Gasteiger partial charge on any atom is -0.423 e. The van der Waals surface area contributed by atoms with Gasteiger partial charge in [0.15, 0.2) is 5.76 Å². The van der Waals surface area contributed by atoms with E-state index in [-0.39, 0.29) is 6.01 Å². The van der Waals surface area contributed by atoms with Crippen LogP contribution in [0.5, 0.6) is 0 Å². The summed E-state index contributed by atoms with van der Waals surface area (Å²) >= 11 is 3.42.